The van der Waals surface area contributed by atoms with E-state index in [9.17, 15) is 9.18 Å². The number of halogens is 1. The van der Waals surface area contributed by atoms with Crippen LogP contribution in [0.1, 0.15) is 23.2 Å². The van der Waals surface area contributed by atoms with Crippen molar-refractivity contribution in [3.63, 3.8) is 0 Å². The van der Waals surface area contributed by atoms with Gasteiger partial charge >= 0.3 is 0 Å². The lowest BCUT2D eigenvalue weighted by Crippen LogP contribution is -2.47. The van der Waals surface area contributed by atoms with E-state index < -0.39 is 5.79 Å². The highest BCUT2D eigenvalue weighted by atomic mass is 19.1. The first-order valence-electron chi connectivity index (χ1n) is 7.51. The summed E-state index contributed by atoms with van der Waals surface area (Å²) in [6.07, 6.45) is 3.00. The molecule has 3 heterocycles. The molecule has 0 radical (unpaired) electrons. The Morgan fingerprint density at radius 2 is 1.95 bits per heavy atom. The molecule has 4 rings (SSSR count). The summed E-state index contributed by atoms with van der Waals surface area (Å²) in [4.78, 5) is 17.5. The van der Waals surface area contributed by atoms with Crippen LogP contribution >= 0.6 is 0 Å². The number of aromatic amines is 1. The fourth-order valence-corrected chi connectivity index (χ4v) is 3.28. The first-order valence-corrected chi connectivity index (χ1v) is 7.51. The number of carbonyl (C=O) groups is 1. The number of H-pyrrole nitrogens is 1. The Morgan fingerprint density at radius 1 is 1.23 bits per heavy atom. The molecule has 22 heavy (non-hydrogen) atoms. The highest BCUT2D eigenvalue weighted by Gasteiger charge is 2.41. The number of amides is 1. The van der Waals surface area contributed by atoms with E-state index >= 15 is 0 Å². The van der Waals surface area contributed by atoms with Gasteiger partial charge in [-0.05, 0) is 18.2 Å². The Balaban J connectivity index is 1.55. The number of benzene rings is 1. The van der Waals surface area contributed by atoms with Gasteiger partial charge in [0.1, 0.15) is 5.82 Å². The van der Waals surface area contributed by atoms with Crippen LogP contribution in [0.3, 0.4) is 0 Å². The summed E-state index contributed by atoms with van der Waals surface area (Å²) in [5.74, 6) is -0.917. The number of fused-ring (bicyclic) bond motifs is 1. The molecule has 2 fully saturated rings. The first kappa shape index (κ1) is 13.7. The van der Waals surface area contributed by atoms with E-state index in [4.69, 9.17) is 9.47 Å². The Labute approximate surface area is 127 Å². The number of carbonyl (C=O) groups excluding carboxylic acids is 1. The normalized spacial score (nSPS) is 20.9. The van der Waals surface area contributed by atoms with E-state index in [0.717, 1.165) is 5.52 Å². The largest absolute Gasteiger partial charge is 0.360 e. The maximum atomic E-state index is 13.4. The van der Waals surface area contributed by atoms with Crippen molar-refractivity contribution in [1.82, 2.24) is 9.88 Å². The van der Waals surface area contributed by atoms with E-state index in [0.29, 0.717) is 50.1 Å². The van der Waals surface area contributed by atoms with Crippen LogP contribution in [-0.4, -0.2) is 47.9 Å². The maximum absolute atomic E-state index is 13.4. The molecule has 6 heteroatoms. The number of hydrogen-bond donors (Lipinski definition) is 1. The van der Waals surface area contributed by atoms with Crippen LogP contribution in [0.25, 0.3) is 10.9 Å². The maximum Gasteiger partial charge on any atom is 0.256 e. The Bertz CT molecular complexity index is 711. The molecular formula is C16H17FN2O3. The minimum Gasteiger partial charge on any atom is -0.360 e. The number of aromatic nitrogens is 1. The average Bonchev–Trinajstić information content (AvgIpc) is 3.14. The second kappa shape index (κ2) is 5.07. The lowest BCUT2D eigenvalue weighted by Gasteiger charge is -2.37. The van der Waals surface area contributed by atoms with Crippen molar-refractivity contribution in [2.24, 2.45) is 0 Å². The summed E-state index contributed by atoms with van der Waals surface area (Å²) in [6.45, 7) is 2.41. The van der Waals surface area contributed by atoms with Crippen molar-refractivity contribution in [3.8, 4) is 0 Å². The minimum absolute atomic E-state index is 0.0790. The highest BCUT2D eigenvalue weighted by molar-refractivity contribution is 6.06. The van der Waals surface area contributed by atoms with Gasteiger partial charge in [0.2, 0.25) is 0 Å². The van der Waals surface area contributed by atoms with Crippen molar-refractivity contribution in [2.45, 2.75) is 18.6 Å². The minimum atomic E-state index is -0.497. The molecule has 1 spiro atoms. The van der Waals surface area contributed by atoms with Crippen LogP contribution in [0, 0.1) is 5.82 Å². The van der Waals surface area contributed by atoms with Crippen molar-refractivity contribution >= 4 is 16.8 Å². The second-order valence-corrected chi connectivity index (χ2v) is 5.79. The Kier molecular flexibility index (Phi) is 3.16. The molecule has 1 aromatic carbocycles. The fraction of sp³-hybridized carbons (Fsp3) is 0.438. The lowest BCUT2D eigenvalue weighted by atomic mass is 10.0. The van der Waals surface area contributed by atoms with Crippen molar-refractivity contribution in [1.29, 1.82) is 0 Å². The van der Waals surface area contributed by atoms with Gasteiger partial charge in [0.15, 0.2) is 5.79 Å². The van der Waals surface area contributed by atoms with Gasteiger partial charge in [-0.25, -0.2) is 4.39 Å². The van der Waals surface area contributed by atoms with Crippen molar-refractivity contribution < 1.29 is 18.7 Å². The summed E-state index contributed by atoms with van der Waals surface area (Å²) in [5, 5.41) is 0.624. The number of piperidine rings is 1. The average molecular weight is 304 g/mol. The van der Waals surface area contributed by atoms with Crippen LogP contribution in [-0.2, 0) is 9.47 Å². The number of likely N-dealkylation sites (tertiary alicyclic amines) is 1. The Morgan fingerprint density at radius 3 is 2.68 bits per heavy atom. The first-order chi connectivity index (χ1) is 10.7. The molecule has 1 aromatic heterocycles. The molecule has 0 unspecified atom stereocenters. The quantitative estimate of drug-likeness (QED) is 0.879. The van der Waals surface area contributed by atoms with Gasteiger partial charge in [0.05, 0.1) is 18.8 Å². The number of rotatable bonds is 1. The van der Waals surface area contributed by atoms with Gasteiger partial charge in [-0.3, -0.25) is 4.79 Å². The third-order valence-electron chi connectivity index (χ3n) is 4.50. The topological polar surface area (TPSA) is 54.6 Å². The molecule has 5 nitrogen and oxygen atoms in total. The Hall–Kier alpha value is -1.92. The third kappa shape index (κ3) is 2.19. The molecule has 2 aliphatic rings. The van der Waals surface area contributed by atoms with Crippen LogP contribution in [0.2, 0.25) is 0 Å². The van der Waals surface area contributed by atoms with Crippen LogP contribution < -0.4 is 0 Å². The monoisotopic (exact) mass is 304 g/mol. The SMILES string of the molecule is O=C(c1c[nH]c2ccc(F)cc12)N1CCC2(CC1)OCCO2. The molecule has 1 amide bonds. The van der Waals surface area contributed by atoms with E-state index in [-0.39, 0.29) is 11.7 Å². The lowest BCUT2D eigenvalue weighted by molar-refractivity contribution is -0.181. The number of ether oxygens (including phenoxy) is 2. The number of nitrogens with zero attached hydrogens (tertiary/aromatic N) is 1. The predicted octanol–water partition coefficient (Wildman–Crippen LogP) is 2.29. The molecule has 116 valence electrons. The van der Waals surface area contributed by atoms with Gasteiger partial charge < -0.3 is 19.4 Å². The number of nitrogens with one attached hydrogen (secondary N) is 1. The summed E-state index contributed by atoms with van der Waals surface area (Å²) in [5.41, 5.74) is 1.28. The van der Waals surface area contributed by atoms with Crippen LogP contribution in [0.5, 0.6) is 0 Å². The van der Waals surface area contributed by atoms with Gasteiger partial charge in [0.25, 0.3) is 5.91 Å². The van der Waals surface area contributed by atoms with E-state index in [1.54, 1.807) is 17.2 Å². The zero-order valence-electron chi connectivity index (χ0n) is 12.1. The molecule has 1 N–H and O–H groups in total. The van der Waals surface area contributed by atoms with Gasteiger partial charge in [-0.1, -0.05) is 0 Å². The molecule has 0 atom stereocenters. The molecule has 2 aromatic rings. The standard InChI is InChI=1S/C16H17FN2O3/c17-11-1-2-14-12(9-11)13(10-18-14)15(20)19-5-3-16(4-6-19)21-7-8-22-16/h1-2,9-10,18H,3-8H2. The van der Waals surface area contributed by atoms with Gasteiger partial charge in [-0.15, -0.1) is 0 Å². The van der Waals surface area contributed by atoms with E-state index in [2.05, 4.69) is 4.98 Å². The smallest absolute Gasteiger partial charge is 0.256 e. The van der Waals surface area contributed by atoms with Crippen molar-refractivity contribution in [3.05, 3.63) is 35.8 Å². The van der Waals surface area contributed by atoms with E-state index in [1.165, 1.54) is 12.1 Å². The molecule has 2 saturated heterocycles. The molecular weight excluding hydrogens is 287 g/mol. The zero-order valence-corrected chi connectivity index (χ0v) is 12.1. The molecule has 0 saturated carbocycles. The summed E-state index contributed by atoms with van der Waals surface area (Å²) >= 11 is 0. The van der Waals surface area contributed by atoms with Crippen molar-refractivity contribution in [2.75, 3.05) is 26.3 Å². The van der Waals surface area contributed by atoms with Gasteiger partial charge in [0, 0.05) is 43.0 Å². The van der Waals surface area contributed by atoms with Gasteiger partial charge in [-0.2, -0.15) is 0 Å². The number of hydrogen-bond acceptors (Lipinski definition) is 3. The summed E-state index contributed by atoms with van der Waals surface area (Å²) in [6, 6.07) is 4.42. The molecule has 2 aliphatic heterocycles. The molecule has 0 bridgehead atoms. The molecule has 0 aliphatic carbocycles. The fourth-order valence-electron chi connectivity index (χ4n) is 3.28. The third-order valence-corrected chi connectivity index (χ3v) is 4.50. The van der Waals surface area contributed by atoms with E-state index in [1.807, 2.05) is 0 Å². The highest BCUT2D eigenvalue weighted by Crippen LogP contribution is 2.32. The second-order valence-electron chi connectivity index (χ2n) is 5.79. The zero-order chi connectivity index (χ0) is 15.2. The summed E-state index contributed by atoms with van der Waals surface area (Å²) < 4.78 is 24.8. The summed E-state index contributed by atoms with van der Waals surface area (Å²) in [7, 11) is 0. The van der Waals surface area contributed by atoms with Crippen LogP contribution in [0.15, 0.2) is 24.4 Å². The predicted molar refractivity (Wildman–Crippen MR) is 78.0 cm³/mol. The van der Waals surface area contributed by atoms with Crippen LogP contribution in [0.4, 0.5) is 4.39 Å².